The molecule has 0 bridgehead atoms. The van der Waals surface area contributed by atoms with Crippen LogP contribution in [0.5, 0.6) is 0 Å². The molecule has 0 saturated heterocycles. The molecule has 0 atom stereocenters. The summed E-state index contributed by atoms with van der Waals surface area (Å²) in [6, 6.07) is 0. The van der Waals surface area contributed by atoms with E-state index in [0.717, 1.165) is 0 Å². The van der Waals surface area contributed by atoms with Gasteiger partial charge >= 0.3 is 0 Å². The van der Waals surface area contributed by atoms with Gasteiger partial charge < -0.3 is 19.5 Å². The monoisotopic (exact) mass is 289 g/mol. The lowest BCUT2D eigenvalue weighted by atomic mass is 9.96. The second-order valence-electron chi connectivity index (χ2n) is 5.49. The molecule has 0 aliphatic heterocycles. The van der Waals surface area contributed by atoms with Crippen LogP contribution < -0.4 is 5.32 Å². The quantitative estimate of drug-likeness (QED) is 0.569. The molecule has 6 nitrogen and oxygen atoms in total. The summed E-state index contributed by atoms with van der Waals surface area (Å²) in [5.74, 6) is 0.0191. The number of nitrogens with one attached hydrogen (secondary N) is 1. The molecule has 0 unspecified atom stereocenters. The van der Waals surface area contributed by atoms with Gasteiger partial charge in [0.1, 0.15) is 6.61 Å². The van der Waals surface area contributed by atoms with Crippen molar-refractivity contribution in [2.24, 2.45) is 5.41 Å². The van der Waals surface area contributed by atoms with E-state index in [-0.39, 0.29) is 23.7 Å². The zero-order valence-corrected chi connectivity index (χ0v) is 13.0. The molecule has 118 valence electrons. The molecule has 0 aromatic carbocycles. The van der Waals surface area contributed by atoms with Crippen molar-refractivity contribution in [1.82, 2.24) is 5.32 Å². The van der Waals surface area contributed by atoms with E-state index in [1.165, 1.54) is 6.92 Å². The van der Waals surface area contributed by atoms with E-state index >= 15 is 0 Å². The predicted octanol–water partition coefficient (Wildman–Crippen LogP) is 0.788. The molecule has 0 heterocycles. The van der Waals surface area contributed by atoms with Crippen LogP contribution in [-0.4, -0.2) is 57.9 Å². The summed E-state index contributed by atoms with van der Waals surface area (Å²) >= 11 is 0. The second-order valence-corrected chi connectivity index (χ2v) is 5.49. The van der Waals surface area contributed by atoms with Gasteiger partial charge in [-0.15, -0.1) is 0 Å². The molecule has 0 aliphatic rings. The highest BCUT2D eigenvalue weighted by atomic mass is 16.5. The number of hydrogen-bond acceptors (Lipinski definition) is 5. The first-order chi connectivity index (χ1) is 9.34. The zero-order chi connectivity index (χ0) is 15.4. The Bertz CT molecular complexity index is 286. The number of carbonyl (C=O) groups excluding carboxylic acids is 2. The van der Waals surface area contributed by atoms with Gasteiger partial charge in [0.2, 0.25) is 5.91 Å². The lowest BCUT2D eigenvalue weighted by Crippen LogP contribution is -2.36. The second kappa shape index (κ2) is 10.8. The van der Waals surface area contributed by atoms with Gasteiger partial charge in [0.25, 0.3) is 0 Å². The Balaban J connectivity index is 3.21. The van der Waals surface area contributed by atoms with Crippen LogP contribution in [0.3, 0.4) is 0 Å². The van der Waals surface area contributed by atoms with Gasteiger partial charge in [-0.25, -0.2) is 0 Å². The highest BCUT2D eigenvalue weighted by molar-refractivity contribution is 5.81. The molecule has 6 heteroatoms. The lowest BCUT2D eigenvalue weighted by Gasteiger charge is -2.17. The van der Waals surface area contributed by atoms with E-state index in [1.54, 1.807) is 0 Å². The zero-order valence-electron chi connectivity index (χ0n) is 13.0. The fourth-order valence-corrected chi connectivity index (χ4v) is 1.16. The van der Waals surface area contributed by atoms with Gasteiger partial charge in [-0.2, -0.15) is 0 Å². The Morgan fingerprint density at radius 3 is 1.90 bits per heavy atom. The Labute approximate surface area is 121 Å². The highest BCUT2D eigenvalue weighted by Gasteiger charge is 2.20. The summed E-state index contributed by atoms with van der Waals surface area (Å²) in [6.07, 6.45) is 0. The molecule has 1 N–H and O–H groups in total. The topological polar surface area (TPSA) is 73.9 Å². The van der Waals surface area contributed by atoms with Gasteiger partial charge in [-0.3, -0.25) is 9.59 Å². The van der Waals surface area contributed by atoms with E-state index in [1.807, 2.05) is 20.8 Å². The number of Topliss-reactive ketones (excluding diaryl/α,β-unsaturated/α-hetero) is 1. The van der Waals surface area contributed by atoms with Gasteiger partial charge in [-0.05, 0) is 6.92 Å². The van der Waals surface area contributed by atoms with Crippen molar-refractivity contribution in [3.63, 3.8) is 0 Å². The predicted molar refractivity (Wildman–Crippen MR) is 75.6 cm³/mol. The highest BCUT2D eigenvalue weighted by Crippen LogP contribution is 2.11. The number of amides is 1. The first-order valence-corrected chi connectivity index (χ1v) is 6.85. The van der Waals surface area contributed by atoms with Crippen molar-refractivity contribution >= 4 is 11.7 Å². The number of ether oxygens (including phenoxy) is 3. The van der Waals surface area contributed by atoms with Gasteiger partial charge in [-0.1, -0.05) is 20.8 Å². The maximum atomic E-state index is 11.5. The largest absolute Gasteiger partial charge is 0.377 e. The third-order valence-electron chi connectivity index (χ3n) is 2.26. The Morgan fingerprint density at radius 1 is 0.900 bits per heavy atom. The Kier molecular flexibility index (Phi) is 10.2. The van der Waals surface area contributed by atoms with Crippen molar-refractivity contribution in [3.05, 3.63) is 0 Å². The Hall–Kier alpha value is -0.980. The van der Waals surface area contributed by atoms with Crippen LogP contribution in [0.15, 0.2) is 0 Å². The summed E-state index contributed by atoms with van der Waals surface area (Å²) in [7, 11) is 0. The lowest BCUT2D eigenvalue weighted by molar-refractivity contribution is -0.128. The smallest absolute Gasteiger partial charge is 0.225 e. The number of ketones is 1. The molecule has 20 heavy (non-hydrogen) atoms. The van der Waals surface area contributed by atoms with Crippen LogP contribution in [0.25, 0.3) is 0 Å². The van der Waals surface area contributed by atoms with Crippen molar-refractivity contribution in [2.45, 2.75) is 27.7 Å². The van der Waals surface area contributed by atoms with Crippen LogP contribution in [0, 0.1) is 5.41 Å². The van der Waals surface area contributed by atoms with Crippen LogP contribution in [-0.2, 0) is 23.8 Å². The summed E-state index contributed by atoms with van der Waals surface area (Å²) < 4.78 is 15.6. The van der Waals surface area contributed by atoms with Gasteiger partial charge in [0, 0.05) is 12.0 Å². The van der Waals surface area contributed by atoms with Crippen molar-refractivity contribution in [2.75, 3.05) is 46.2 Å². The van der Waals surface area contributed by atoms with Crippen molar-refractivity contribution < 1.29 is 23.8 Å². The number of rotatable bonds is 11. The molecular weight excluding hydrogens is 262 g/mol. The minimum atomic E-state index is -0.372. The standard InChI is InChI=1S/C14H27NO5/c1-12(16)11-20-10-9-19-8-7-18-6-5-15-13(17)14(2,3)4/h5-11H2,1-4H3,(H,15,17). The summed E-state index contributed by atoms with van der Waals surface area (Å²) in [6.45, 7) is 9.96. The molecule has 0 rings (SSSR count). The number of hydrogen-bond donors (Lipinski definition) is 1. The van der Waals surface area contributed by atoms with Crippen LogP contribution in [0.2, 0.25) is 0 Å². The Morgan fingerprint density at radius 2 is 1.40 bits per heavy atom. The third kappa shape index (κ3) is 12.1. The van der Waals surface area contributed by atoms with Crippen LogP contribution >= 0.6 is 0 Å². The van der Waals surface area contributed by atoms with Gasteiger partial charge in [0.15, 0.2) is 5.78 Å². The number of carbonyl (C=O) groups is 2. The third-order valence-corrected chi connectivity index (χ3v) is 2.26. The molecule has 0 saturated carbocycles. The normalized spacial score (nSPS) is 11.4. The summed E-state index contributed by atoms with van der Waals surface area (Å²) in [4.78, 5) is 22.1. The van der Waals surface area contributed by atoms with E-state index in [2.05, 4.69) is 5.32 Å². The van der Waals surface area contributed by atoms with Crippen LogP contribution in [0.1, 0.15) is 27.7 Å². The molecule has 0 aliphatic carbocycles. The van der Waals surface area contributed by atoms with E-state index < -0.39 is 0 Å². The maximum absolute atomic E-state index is 11.5. The first-order valence-electron chi connectivity index (χ1n) is 6.85. The molecule has 0 aromatic heterocycles. The fourth-order valence-electron chi connectivity index (χ4n) is 1.16. The average Bonchev–Trinajstić information content (AvgIpc) is 2.34. The molecule has 0 spiro atoms. The molecule has 1 amide bonds. The molecule has 0 radical (unpaired) electrons. The van der Waals surface area contributed by atoms with Crippen LogP contribution in [0.4, 0.5) is 0 Å². The summed E-state index contributed by atoms with van der Waals surface area (Å²) in [5.41, 5.74) is -0.372. The minimum Gasteiger partial charge on any atom is -0.377 e. The first kappa shape index (κ1) is 19.0. The maximum Gasteiger partial charge on any atom is 0.225 e. The van der Waals surface area contributed by atoms with Crippen molar-refractivity contribution in [3.8, 4) is 0 Å². The molecule has 0 fully saturated rings. The summed E-state index contributed by atoms with van der Waals surface area (Å²) in [5, 5.41) is 2.80. The van der Waals surface area contributed by atoms with Crippen molar-refractivity contribution in [1.29, 1.82) is 0 Å². The fraction of sp³-hybridized carbons (Fsp3) is 0.857. The van der Waals surface area contributed by atoms with E-state index in [0.29, 0.717) is 39.6 Å². The SMILES string of the molecule is CC(=O)COCCOCCOCCNC(=O)C(C)(C)C. The molecular formula is C14H27NO5. The average molecular weight is 289 g/mol. The molecule has 0 aromatic rings. The van der Waals surface area contributed by atoms with E-state index in [4.69, 9.17) is 14.2 Å². The van der Waals surface area contributed by atoms with E-state index in [9.17, 15) is 9.59 Å². The minimum absolute atomic E-state index is 0.00522. The van der Waals surface area contributed by atoms with Gasteiger partial charge in [0.05, 0.1) is 33.0 Å².